The zero-order chi connectivity index (χ0) is 15.5. The van der Waals surface area contributed by atoms with E-state index in [4.69, 9.17) is 0 Å². The molecule has 2 saturated carbocycles. The van der Waals surface area contributed by atoms with Crippen LogP contribution in [-0.4, -0.2) is 53.2 Å². The number of nitrogens with zero attached hydrogens (tertiary/aromatic N) is 2. The van der Waals surface area contributed by atoms with Crippen LogP contribution in [0, 0.1) is 11.8 Å². The Morgan fingerprint density at radius 2 is 2.09 bits per heavy atom. The van der Waals surface area contributed by atoms with Gasteiger partial charge in [0.15, 0.2) is 15.0 Å². The van der Waals surface area contributed by atoms with Crippen LogP contribution in [0.15, 0.2) is 4.99 Å². The van der Waals surface area contributed by atoms with Crippen molar-refractivity contribution in [2.24, 2.45) is 16.8 Å². The first-order chi connectivity index (χ1) is 10.5. The summed E-state index contributed by atoms with van der Waals surface area (Å²) in [5, 5.41) is 0.863. The molecule has 5 nitrogen and oxygen atoms in total. The lowest BCUT2D eigenvalue weighted by Gasteiger charge is -2.36. The smallest absolute Gasteiger partial charge is 0.247 e. The molecule has 0 unspecified atom stereocenters. The lowest BCUT2D eigenvalue weighted by Crippen LogP contribution is -2.47. The second kappa shape index (κ2) is 5.23. The van der Waals surface area contributed by atoms with E-state index in [1.165, 1.54) is 31.0 Å². The minimum atomic E-state index is -2.94. The largest absolute Gasteiger partial charge is 0.343 e. The molecule has 5 atom stereocenters. The van der Waals surface area contributed by atoms with Crippen molar-refractivity contribution < 1.29 is 13.2 Å². The van der Waals surface area contributed by atoms with Crippen molar-refractivity contribution in [1.82, 2.24) is 4.90 Å². The summed E-state index contributed by atoms with van der Waals surface area (Å²) in [7, 11) is -2.94. The van der Waals surface area contributed by atoms with Crippen LogP contribution in [0.3, 0.4) is 0 Å². The summed E-state index contributed by atoms with van der Waals surface area (Å²) in [4.78, 5) is 18.3. The van der Waals surface area contributed by atoms with E-state index < -0.39 is 9.84 Å². The lowest BCUT2D eigenvalue weighted by atomic mass is 9.93. The molecular weight excluding hydrogens is 320 g/mol. The third-order valence-corrected chi connectivity index (χ3v) is 8.91. The molecule has 2 heterocycles. The SMILES string of the molecule is CCC(=O)N=C1S[C@@H]2CS(=O)(=O)C[C@@H]2N1[C@@H]1C[C@@H]2CC[C@@H]1C2. The highest BCUT2D eigenvalue weighted by Gasteiger charge is 2.54. The van der Waals surface area contributed by atoms with Gasteiger partial charge in [0.25, 0.3) is 0 Å². The first-order valence-electron chi connectivity index (χ1n) is 8.24. The Morgan fingerprint density at radius 1 is 1.27 bits per heavy atom. The quantitative estimate of drug-likeness (QED) is 0.764. The minimum Gasteiger partial charge on any atom is -0.343 e. The fourth-order valence-electron chi connectivity index (χ4n) is 4.72. The van der Waals surface area contributed by atoms with Gasteiger partial charge in [0.1, 0.15) is 0 Å². The molecule has 0 radical (unpaired) electrons. The number of fused-ring (bicyclic) bond motifs is 3. The topological polar surface area (TPSA) is 66.8 Å². The van der Waals surface area contributed by atoms with Crippen molar-refractivity contribution in [3.63, 3.8) is 0 Å². The third-order valence-electron chi connectivity index (χ3n) is 5.69. The maximum Gasteiger partial charge on any atom is 0.247 e. The third kappa shape index (κ3) is 2.40. The first-order valence-corrected chi connectivity index (χ1v) is 10.9. The Bertz CT molecular complexity index is 631. The van der Waals surface area contributed by atoms with E-state index in [1.54, 1.807) is 0 Å². The second-order valence-electron chi connectivity index (χ2n) is 7.09. The molecule has 4 rings (SSSR count). The van der Waals surface area contributed by atoms with Crippen LogP contribution in [0.4, 0.5) is 0 Å². The van der Waals surface area contributed by atoms with Crippen LogP contribution in [0.5, 0.6) is 0 Å². The van der Waals surface area contributed by atoms with Crippen molar-refractivity contribution in [3.05, 3.63) is 0 Å². The number of carbonyl (C=O) groups excluding carboxylic acids is 1. The summed E-state index contributed by atoms with van der Waals surface area (Å²) in [5.74, 6) is 1.82. The van der Waals surface area contributed by atoms with Gasteiger partial charge in [-0.2, -0.15) is 4.99 Å². The van der Waals surface area contributed by atoms with Crippen molar-refractivity contribution >= 4 is 32.7 Å². The van der Waals surface area contributed by atoms with Crippen LogP contribution >= 0.6 is 11.8 Å². The molecule has 22 heavy (non-hydrogen) atoms. The Kier molecular flexibility index (Phi) is 3.56. The van der Waals surface area contributed by atoms with Crippen LogP contribution in [0.25, 0.3) is 0 Å². The van der Waals surface area contributed by atoms with Gasteiger partial charge in [-0.25, -0.2) is 8.42 Å². The summed E-state index contributed by atoms with van der Waals surface area (Å²) >= 11 is 1.53. The molecule has 4 fully saturated rings. The van der Waals surface area contributed by atoms with Gasteiger partial charge in [-0.3, -0.25) is 4.79 Å². The summed E-state index contributed by atoms with van der Waals surface area (Å²) in [6, 6.07) is 0.431. The molecule has 0 aromatic heterocycles. The Hall–Kier alpha value is -0.560. The first kappa shape index (κ1) is 15.0. The monoisotopic (exact) mass is 342 g/mol. The number of amidine groups is 1. The maximum atomic E-state index is 12.0. The molecule has 2 aliphatic heterocycles. The Labute approximate surface area is 135 Å². The van der Waals surface area contributed by atoms with Crippen molar-refractivity contribution in [2.75, 3.05) is 11.5 Å². The molecule has 122 valence electrons. The fraction of sp³-hybridized carbons (Fsp3) is 0.867. The Balaban J connectivity index is 1.66. The van der Waals surface area contributed by atoms with Gasteiger partial charge >= 0.3 is 0 Å². The molecule has 1 amide bonds. The van der Waals surface area contributed by atoms with Crippen molar-refractivity contribution in [1.29, 1.82) is 0 Å². The van der Waals surface area contributed by atoms with Gasteiger partial charge in [0.05, 0.1) is 17.5 Å². The van der Waals surface area contributed by atoms with Crippen LogP contribution < -0.4 is 0 Å². The lowest BCUT2D eigenvalue weighted by molar-refractivity contribution is -0.117. The summed E-state index contributed by atoms with van der Waals surface area (Å²) in [6.45, 7) is 1.82. The highest BCUT2D eigenvalue weighted by atomic mass is 32.2. The number of carbonyl (C=O) groups is 1. The fourth-order valence-corrected chi connectivity index (χ4v) is 8.71. The van der Waals surface area contributed by atoms with E-state index in [9.17, 15) is 13.2 Å². The van der Waals surface area contributed by atoms with Gasteiger partial charge < -0.3 is 4.90 Å². The van der Waals surface area contributed by atoms with Crippen LogP contribution in [0.1, 0.15) is 39.0 Å². The average molecular weight is 342 g/mol. The summed E-state index contributed by atoms with van der Waals surface area (Å²) in [5.41, 5.74) is 0. The molecule has 2 aliphatic carbocycles. The minimum absolute atomic E-state index is 0.0303. The van der Waals surface area contributed by atoms with E-state index in [2.05, 4.69) is 9.89 Å². The van der Waals surface area contributed by atoms with Gasteiger partial charge in [0.2, 0.25) is 5.91 Å². The maximum absolute atomic E-state index is 12.0. The summed E-state index contributed by atoms with van der Waals surface area (Å²) < 4.78 is 24.0. The molecular formula is C15H22N2O3S2. The van der Waals surface area contributed by atoms with Gasteiger partial charge in [0, 0.05) is 17.7 Å². The van der Waals surface area contributed by atoms with Gasteiger partial charge in [-0.1, -0.05) is 25.1 Å². The van der Waals surface area contributed by atoms with E-state index in [0.717, 1.165) is 17.5 Å². The second-order valence-corrected chi connectivity index (χ2v) is 10.5. The highest BCUT2D eigenvalue weighted by Crippen LogP contribution is 2.51. The van der Waals surface area contributed by atoms with E-state index in [-0.39, 0.29) is 28.7 Å². The molecule has 0 aromatic carbocycles. The number of rotatable bonds is 2. The zero-order valence-electron chi connectivity index (χ0n) is 12.8. The number of hydrogen-bond donors (Lipinski definition) is 0. The molecule has 0 N–H and O–H groups in total. The number of amides is 1. The molecule has 4 aliphatic rings. The van der Waals surface area contributed by atoms with Crippen molar-refractivity contribution in [2.45, 2.75) is 56.4 Å². The van der Waals surface area contributed by atoms with E-state index in [0.29, 0.717) is 18.4 Å². The van der Waals surface area contributed by atoms with Gasteiger partial charge in [-0.15, -0.1) is 0 Å². The standard InChI is InChI=1S/C15H22N2O3S2/c1-2-14(18)16-15-17(11-6-9-3-4-10(11)5-9)12-7-22(19,20)8-13(12)21-15/h9-13H,2-8H2,1H3/t9-,10-,11-,12+,13-/m1/s1. The summed E-state index contributed by atoms with van der Waals surface area (Å²) in [6.07, 6.45) is 5.38. The van der Waals surface area contributed by atoms with E-state index in [1.807, 2.05) is 6.92 Å². The normalized spacial score (nSPS) is 44.0. The molecule has 7 heteroatoms. The molecule has 0 spiro atoms. The van der Waals surface area contributed by atoms with Gasteiger partial charge in [-0.05, 0) is 31.1 Å². The van der Waals surface area contributed by atoms with Crippen LogP contribution in [-0.2, 0) is 14.6 Å². The highest BCUT2D eigenvalue weighted by molar-refractivity contribution is 8.15. The number of aliphatic imine (C=N–C) groups is 1. The Morgan fingerprint density at radius 3 is 2.73 bits per heavy atom. The van der Waals surface area contributed by atoms with Crippen molar-refractivity contribution in [3.8, 4) is 0 Å². The predicted molar refractivity (Wildman–Crippen MR) is 87.6 cm³/mol. The predicted octanol–water partition coefficient (Wildman–Crippen LogP) is 1.68. The van der Waals surface area contributed by atoms with E-state index >= 15 is 0 Å². The molecule has 2 saturated heterocycles. The van der Waals surface area contributed by atoms with Crippen LogP contribution in [0.2, 0.25) is 0 Å². The number of hydrogen-bond acceptors (Lipinski definition) is 4. The molecule has 2 bridgehead atoms. The average Bonchev–Trinajstić information content (AvgIpc) is 3.17. The number of sulfone groups is 1. The zero-order valence-corrected chi connectivity index (χ0v) is 14.4. The number of thioether (sulfide) groups is 1. The molecule has 0 aromatic rings.